The number of aliphatic imine (C=N–C) groups is 2. The van der Waals surface area contributed by atoms with E-state index in [1.54, 1.807) is 62.4 Å². The lowest BCUT2D eigenvalue weighted by Gasteiger charge is -2.24. The van der Waals surface area contributed by atoms with Gasteiger partial charge in [0, 0.05) is 13.1 Å². The first-order chi connectivity index (χ1) is 24.6. The average Bonchev–Trinajstić information content (AvgIpc) is 3.91. The van der Waals surface area contributed by atoms with Crippen LogP contribution in [-0.2, 0) is 47.3 Å². The minimum absolute atomic E-state index is 0.0194. The first kappa shape index (κ1) is 35.2. The van der Waals surface area contributed by atoms with Crippen molar-refractivity contribution in [3.63, 3.8) is 0 Å². The second kappa shape index (κ2) is 14.4. The van der Waals surface area contributed by atoms with Gasteiger partial charge in [0.1, 0.15) is 21.9 Å². The number of aromatic nitrogens is 2. The molecule has 0 atom stereocenters. The third kappa shape index (κ3) is 6.33. The van der Waals surface area contributed by atoms with Gasteiger partial charge in [-0.2, -0.15) is 0 Å². The number of esters is 2. The molecule has 0 unspecified atom stereocenters. The van der Waals surface area contributed by atoms with Gasteiger partial charge in [-0.25, -0.2) is 29.5 Å². The number of benzene rings is 2. The van der Waals surface area contributed by atoms with Crippen LogP contribution in [0.15, 0.2) is 70.6 Å². The van der Waals surface area contributed by atoms with Crippen molar-refractivity contribution in [1.82, 2.24) is 19.8 Å². The van der Waals surface area contributed by atoms with Gasteiger partial charge >= 0.3 is 11.9 Å². The molecule has 2 fully saturated rings. The second-order valence-corrected chi connectivity index (χ2v) is 16.1. The predicted octanol–water partition coefficient (Wildman–Crippen LogP) is 6.17. The average molecular weight is 793 g/mol. The fraction of sp³-hybridized carbons (Fsp3) is 0.212. The highest BCUT2D eigenvalue weighted by Crippen LogP contribution is 2.57. The minimum Gasteiger partial charge on any atom is -0.459 e. The van der Waals surface area contributed by atoms with Crippen LogP contribution in [0.4, 0.5) is 10.3 Å². The summed E-state index contributed by atoms with van der Waals surface area (Å²) >= 11 is 14.9. The lowest BCUT2D eigenvalue weighted by molar-refractivity contribution is -0.164. The Bertz CT molecular complexity index is 2030. The van der Waals surface area contributed by atoms with Crippen molar-refractivity contribution in [2.24, 2.45) is 9.98 Å². The Morgan fingerprint density at radius 1 is 0.706 bits per heavy atom. The van der Waals surface area contributed by atoms with Crippen LogP contribution in [0.5, 0.6) is 0 Å². The van der Waals surface area contributed by atoms with Gasteiger partial charge in [0.05, 0.1) is 21.1 Å². The number of rotatable bonds is 10. The molecule has 7 rings (SSSR count). The number of thiocarbonyl (C=S) groups is 2. The van der Waals surface area contributed by atoms with Crippen molar-refractivity contribution < 1.29 is 28.7 Å². The Hall–Kier alpha value is -4.20. The summed E-state index contributed by atoms with van der Waals surface area (Å²) < 4.78 is 12.4. The van der Waals surface area contributed by atoms with Crippen LogP contribution in [0.3, 0.4) is 0 Å². The number of thioether (sulfide) groups is 2. The summed E-state index contributed by atoms with van der Waals surface area (Å²) in [5.41, 5.74) is -0.867. The zero-order valence-electron chi connectivity index (χ0n) is 26.7. The van der Waals surface area contributed by atoms with Crippen molar-refractivity contribution in [2.45, 2.75) is 32.5 Å². The van der Waals surface area contributed by atoms with E-state index in [4.69, 9.17) is 33.9 Å². The van der Waals surface area contributed by atoms with Gasteiger partial charge in [-0.05, 0) is 48.5 Å². The molecule has 2 aromatic heterocycles. The lowest BCUT2D eigenvalue weighted by Crippen LogP contribution is -2.46. The van der Waals surface area contributed by atoms with E-state index in [2.05, 4.69) is 20.0 Å². The minimum atomic E-state index is -2.28. The van der Waals surface area contributed by atoms with Gasteiger partial charge in [0.2, 0.25) is 10.3 Å². The number of amides is 2. The van der Waals surface area contributed by atoms with Gasteiger partial charge in [-0.1, -0.05) is 108 Å². The highest BCUT2D eigenvalue weighted by atomic mass is 32.2. The molecule has 2 saturated heterocycles. The van der Waals surface area contributed by atoms with Crippen LogP contribution in [0.2, 0.25) is 0 Å². The topological polar surface area (TPSA) is 144 Å². The fourth-order valence-electron chi connectivity index (χ4n) is 5.39. The third-order valence-electron chi connectivity index (χ3n) is 7.88. The Balaban J connectivity index is 1.37. The SMILES string of the molecule is CCN1C(=O)C(=Nc2nc3c(s2)-c2sc(N=C4SC(=S)N(CC)C4=O)nc2C3(C(=O)OCc2ccccc2)C(=O)OCc2ccccc2)SC1=S. The molecule has 2 aliphatic heterocycles. The molecule has 0 spiro atoms. The number of thiazole rings is 2. The number of carbonyl (C=O) groups is 4. The molecular formula is C33H24N6O6S6. The number of ether oxygens (including phenoxy) is 2. The number of hydrogen-bond donors (Lipinski definition) is 0. The van der Waals surface area contributed by atoms with Crippen LogP contribution < -0.4 is 0 Å². The summed E-state index contributed by atoms with van der Waals surface area (Å²) in [6.07, 6.45) is 0. The Morgan fingerprint density at radius 3 is 1.45 bits per heavy atom. The molecule has 4 aromatic rings. The zero-order chi connectivity index (χ0) is 35.9. The van der Waals surface area contributed by atoms with E-state index in [0.29, 0.717) is 42.6 Å². The highest BCUT2D eigenvalue weighted by molar-refractivity contribution is 8.35. The molecule has 1 aliphatic carbocycles. The molecule has 0 bridgehead atoms. The molecule has 0 saturated carbocycles. The van der Waals surface area contributed by atoms with E-state index in [-0.39, 0.29) is 56.8 Å². The summed E-state index contributed by atoms with van der Waals surface area (Å²) in [4.78, 5) is 77.2. The summed E-state index contributed by atoms with van der Waals surface area (Å²) in [7, 11) is 0. The van der Waals surface area contributed by atoms with E-state index in [1.165, 1.54) is 9.80 Å². The fourth-order valence-corrected chi connectivity index (χ4v) is 10.2. The molecule has 12 nitrogen and oxygen atoms in total. The molecule has 2 aromatic carbocycles. The molecule has 258 valence electrons. The van der Waals surface area contributed by atoms with Crippen molar-refractivity contribution >= 4 is 123 Å². The summed E-state index contributed by atoms with van der Waals surface area (Å²) in [5.74, 6) is -2.67. The number of nitrogens with zero attached hydrogens (tertiary/aromatic N) is 6. The van der Waals surface area contributed by atoms with Crippen LogP contribution in [-0.4, -0.2) is 75.3 Å². The first-order valence-electron chi connectivity index (χ1n) is 15.4. The Morgan fingerprint density at radius 2 is 1.10 bits per heavy atom. The van der Waals surface area contributed by atoms with Crippen LogP contribution in [0.25, 0.3) is 9.75 Å². The van der Waals surface area contributed by atoms with E-state index < -0.39 is 17.4 Å². The van der Waals surface area contributed by atoms with Crippen molar-refractivity contribution in [1.29, 1.82) is 0 Å². The van der Waals surface area contributed by atoms with Gasteiger partial charge in [-0.15, -0.1) is 0 Å². The molecule has 0 N–H and O–H groups in total. The van der Waals surface area contributed by atoms with Crippen molar-refractivity contribution in [3.8, 4) is 9.75 Å². The molecule has 0 radical (unpaired) electrons. The summed E-state index contributed by atoms with van der Waals surface area (Å²) in [6.45, 7) is 4.05. The predicted molar refractivity (Wildman–Crippen MR) is 206 cm³/mol. The standard InChI is InChI=1S/C33H24N6O6S6/c1-3-38-25(40)23(50-31(38)46)36-29-34-21-19(48-29)20-22(35-30(49-20)37-24-26(41)39(4-2)32(47)51-24)33(21,27(42)44-15-17-11-7-5-8-12-17)28(43)45-16-18-13-9-6-10-14-18/h5-14H,3-4,15-16H2,1-2H3. The van der Waals surface area contributed by atoms with Crippen LogP contribution >= 0.6 is 70.6 Å². The zero-order valence-corrected chi connectivity index (χ0v) is 31.6. The summed E-state index contributed by atoms with van der Waals surface area (Å²) in [5, 5.41) is 0.459. The quantitative estimate of drug-likeness (QED) is 0.103. The van der Waals surface area contributed by atoms with Crippen LogP contribution in [0, 0.1) is 0 Å². The monoisotopic (exact) mass is 792 g/mol. The molecule has 51 heavy (non-hydrogen) atoms. The molecule has 2 amide bonds. The van der Waals surface area contributed by atoms with Crippen molar-refractivity contribution in [2.75, 3.05) is 13.1 Å². The van der Waals surface area contributed by atoms with Gasteiger partial charge in [0.25, 0.3) is 17.2 Å². The maximum absolute atomic E-state index is 14.6. The third-order valence-corrected chi connectivity index (χ3v) is 12.6. The van der Waals surface area contributed by atoms with E-state index in [9.17, 15) is 19.2 Å². The Kier molecular flexibility index (Phi) is 9.97. The van der Waals surface area contributed by atoms with E-state index in [1.807, 2.05) is 12.1 Å². The van der Waals surface area contributed by atoms with E-state index >= 15 is 0 Å². The highest BCUT2D eigenvalue weighted by Gasteiger charge is 2.63. The van der Waals surface area contributed by atoms with Gasteiger partial charge in [0.15, 0.2) is 10.1 Å². The van der Waals surface area contributed by atoms with Crippen molar-refractivity contribution in [3.05, 3.63) is 83.2 Å². The molecule has 3 aliphatic rings. The molecule has 4 heterocycles. The van der Waals surface area contributed by atoms with E-state index in [0.717, 1.165) is 46.2 Å². The maximum atomic E-state index is 14.6. The first-order valence-corrected chi connectivity index (χ1v) is 19.4. The Labute approximate surface area is 318 Å². The van der Waals surface area contributed by atoms with Crippen LogP contribution in [0.1, 0.15) is 36.4 Å². The second-order valence-electron chi connectivity index (χ2n) is 10.9. The van der Waals surface area contributed by atoms with Gasteiger partial charge < -0.3 is 9.47 Å². The largest absolute Gasteiger partial charge is 0.459 e. The number of hydrogen-bond acceptors (Lipinski definition) is 16. The smallest absolute Gasteiger partial charge is 0.336 e. The van der Waals surface area contributed by atoms with Gasteiger partial charge in [-0.3, -0.25) is 19.4 Å². The molecule has 18 heteroatoms. The lowest BCUT2D eigenvalue weighted by atomic mass is 9.84. The molecular weight excluding hydrogens is 769 g/mol. The number of fused-ring (bicyclic) bond motifs is 3. The maximum Gasteiger partial charge on any atom is 0.336 e. The summed E-state index contributed by atoms with van der Waals surface area (Å²) in [6, 6.07) is 18.0. The normalized spacial score (nSPS) is 17.8. The number of carbonyl (C=O) groups excluding carboxylic acids is 4.